The zero-order valence-electron chi connectivity index (χ0n) is 3.94. The Morgan fingerprint density at radius 1 is 1.67 bits per heavy atom. The lowest BCUT2D eigenvalue weighted by Crippen LogP contribution is -1.98. The molecule has 0 saturated carbocycles. The highest BCUT2D eigenvalue weighted by Crippen LogP contribution is 1.99. The third-order valence-corrected chi connectivity index (χ3v) is 2.29. The number of ether oxygens (including phenoxy) is 1. The van der Waals surface area contributed by atoms with Gasteiger partial charge in [0.25, 0.3) is 0 Å². The van der Waals surface area contributed by atoms with E-state index in [0.29, 0.717) is 10.9 Å². The Bertz CT molecular complexity index is 40.8. The van der Waals surface area contributed by atoms with Crippen molar-refractivity contribution in [1.29, 1.82) is 0 Å². The van der Waals surface area contributed by atoms with Crippen molar-refractivity contribution >= 4 is 10.9 Å². The topological polar surface area (TPSA) is 9.23 Å². The highest BCUT2D eigenvalue weighted by molar-refractivity contribution is 7.96. The van der Waals surface area contributed by atoms with E-state index in [1.807, 2.05) is 0 Å². The monoisotopic (exact) mass is 105 g/mol. The molecule has 0 N–H and O–H groups in total. The van der Waals surface area contributed by atoms with Crippen LogP contribution in [0.5, 0.6) is 0 Å². The van der Waals surface area contributed by atoms with Gasteiger partial charge >= 0.3 is 0 Å². The van der Waals surface area contributed by atoms with Crippen LogP contribution in [0.1, 0.15) is 0 Å². The molecular weight excluding hydrogens is 96.1 g/mol. The smallest absolute Gasteiger partial charge is 0.208 e. The van der Waals surface area contributed by atoms with Crippen molar-refractivity contribution in [3.63, 3.8) is 0 Å². The largest absolute Gasteiger partial charge is 0.331 e. The fraction of sp³-hybridized carbons (Fsp3) is 1.00. The Morgan fingerprint density at radius 2 is 2.50 bits per heavy atom. The molecular formula is C4H9OS+. The highest BCUT2D eigenvalue weighted by atomic mass is 32.2. The van der Waals surface area contributed by atoms with Gasteiger partial charge < -0.3 is 4.74 Å². The minimum atomic E-state index is 0.605. The van der Waals surface area contributed by atoms with Gasteiger partial charge in [-0.1, -0.05) is 0 Å². The van der Waals surface area contributed by atoms with E-state index >= 15 is 0 Å². The summed E-state index contributed by atoms with van der Waals surface area (Å²) in [6, 6.07) is 0. The van der Waals surface area contributed by atoms with Gasteiger partial charge in [0.2, 0.25) is 5.94 Å². The van der Waals surface area contributed by atoms with Crippen molar-refractivity contribution in [2.75, 3.05) is 24.6 Å². The maximum absolute atomic E-state index is 5.07. The first-order chi connectivity index (χ1) is 2.89. The molecule has 0 aromatic rings. The highest BCUT2D eigenvalue weighted by Gasteiger charge is 2.17. The Balaban J connectivity index is 2.18. The van der Waals surface area contributed by atoms with Crippen molar-refractivity contribution in [2.24, 2.45) is 0 Å². The van der Waals surface area contributed by atoms with Crippen LogP contribution in [0.2, 0.25) is 0 Å². The van der Waals surface area contributed by atoms with Gasteiger partial charge in [0, 0.05) is 10.9 Å². The normalized spacial score (nSPS) is 34.5. The second-order valence-electron chi connectivity index (χ2n) is 1.51. The van der Waals surface area contributed by atoms with Crippen molar-refractivity contribution < 1.29 is 4.74 Å². The van der Waals surface area contributed by atoms with Crippen molar-refractivity contribution in [3.8, 4) is 0 Å². The Labute approximate surface area is 41.0 Å². The second kappa shape index (κ2) is 1.85. The summed E-state index contributed by atoms with van der Waals surface area (Å²) in [6.45, 7) is 1.000. The van der Waals surface area contributed by atoms with E-state index in [-0.39, 0.29) is 0 Å². The van der Waals surface area contributed by atoms with Gasteiger partial charge in [-0.25, -0.2) is 0 Å². The molecule has 1 nitrogen and oxygen atoms in total. The minimum Gasteiger partial charge on any atom is -0.331 e. The molecule has 1 heterocycles. The lowest BCUT2D eigenvalue weighted by Gasteiger charge is -1.79. The molecule has 1 rings (SSSR count). The van der Waals surface area contributed by atoms with E-state index in [2.05, 4.69) is 6.26 Å². The summed E-state index contributed by atoms with van der Waals surface area (Å²) in [7, 11) is 0.605. The molecule has 2 heteroatoms. The van der Waals surface area contributed by atoms with E-state index in [1.54, 1.807) is 0 Å². The molecule has 36 valence electrons. The summed E-state index contributed by atoms with van der Waals surface area (Å²) in [5.41, 5.74) is 0. The number of rotatable bonds is 0. The van der Waals surface area contributed by atoms with Gasteiger partial charge in [0.05, 0.1) is 12.9 Å². The van der Waals surface area contributed by atoms with E-state index in [9.17, 15) is 0 Å². The average Bonchev–Trinajstić information content (AvgIpc) is 1.86. The summed E-state index contributed by atoms with van der Waals surface area (Å²) in [6.07, 6.45) is 2.24. The zero-order chi connectivity index (χ0) is 4.41. The Kier molecular flexibility index (Phi) is 1.37. The van der Waals surface area contributed by atoms with Crippen LogP contribution in [-0.4, -0.2) is 24.6 Å². The van der Waals surface area contributed by atoms with Gasteiger partial charge in [0.1, 0.15) is 5.75 Å². The van der Waals surface area contributed by atoms with Crippen LogP contribution in [-0.2, 0) is 15.6 Å². The summed E-state index contributed by atoms with van der Waals surface area (Å²) < 4.78 is 5.07. The van der Waals surface area contributed by atoms with Crippen LogP contribution in [0.15, 0.2) is 0 Å². The maximum Gasteiger partial charge on any atom is 0.208 e. The molecule has 0 aromatic heterocycles. The van der Waals surface area contributed by atoms with Crippen molar-refractivity contribution in [1.82, 2.24) is 0 Å². The molecule has 0 spiro atoms. The predicted molar refractivity (Wildman–Crippen MR) is 29.0 cm³/mol. The quantitative estimate of drug-likeness (QED) is 0.400. The summed E-state index contributed by atoms with van der Waals surface area (Å²) in [5.74, 6) is 2.31. The van der Waals surface area contributed by atoms with Gasteiger partial charge in [-0.3, -0.25) is 0 Å². The van der Waals surface area contributed by atoms with Gasteiger partial charge in [-0.2, -0.15) is 0 Å². The molecule has 6 heavy (non-hydrogen) atoms. The predicted octanol–water partition coefficient (Wildman–Crippen LogP) is 0.222. The molecule has 1 aliphatic rings. The molecule has 0 bridgehead atoms. The Morgan fingerprint density at radius 3 is 2.67 bits per heavy atom. The summed E-state index contributed by atoms with van der Waals surface area (Å²) in [4.78, 5) is 0. The third-order valence-electron chi connectivity index (χ3n) is 0.861. The van der Waals surface area contributed by atoms with Crippen LogP contribution in [0.25, 0.3) is 0 Å². The minimum absolute atomic E-state index is 0.605. The van der Waals surface area contributed by atoms with Crippen LogP contribution in [0.4, 0.5) is 0 Å². The molecule has 1 fully saturated rings. The first-order valence-electron chi connectivity index (χ1n) is 2.06. The maximum atomic E-state index is 5.07. The van der Waals surface area contributed by atoms with Gasteiger partial charge in [0.15, 0.2) is 0 Å². The molecule has 1 atom stereocenters. The lowest BCUT2D eigenvalue weighted by atomic mass is 10.9. The van der Waals surface area contributed by atoms with E-state index in [4.69, 9.17) is 4.74 Å². The van der Waals surface area contributed by atoms with Crippen LogP contribution >= 0.6 is 0 Å². The van der Waals surface area contributed by atoms with E-state index < -0.39 is 0 Å². The lowest BCUT2D eigenvalue weighted by molar-refractivity contribution is 0.217. The number of hydrogen-bond acceptors (Lipinski definition) is 1. The molecule has 1 saturated heterocycles. The van der Waals surface area contributed by atoms with E-state index in [0.717, 1.165) is 12.5 Å². The standard InChI is InChI=1S/C4H9OS/c1-6-3-2-5-4-6/h2-4H2,1H3/q+1. The first-order valence-corrected chi connectivity index (χ1v) is 4.03. The molecule has 1 unspecified atom stereocenters. The number of hydrogen-bond donors (Lipinski definition) is 0. The van der Waals surface area contributed by atoms with Crippen LogP contribution in [0.3, 0.4) is 0 Å². The molecule has 0 radical (unpaired) electrons. The Hall–Kier alpha value is 0.310. The van der Waals surface area contributed by atoms with Crippen LogP contribution < -0.4 is 0 Å². The zero-order valence-corrected chi connectivity index (χ0v) is 4.75. The van der Waals surface area contributed by atoms with Crippen molar-refractivity contribution in [2.45, 2.75) is 0 Å². The molecule has 1 aliphatic heterocycles. The second-order valence-corrected chi connectivity index (χ2v) is 3.72. The third kappa shape index (κ3) is 0.884. The van der Waals surface area contributed by atoms with Crippen molar-refractivity contribution in [3.05, 3.63) is 0 Å². The van der Waals surface area contributed by atoms with E-state index in [1.165, 1.54) is 5.75 Å². The fourth-order valence-corrected chi connectivity index (χ4v) is 1.38. The fourth-order valence-electron chi connectivity index (χ4n) is 0.461. The van der Waals surface area contributed by atoms with Gasteiger partial charge in [-0.15, -0.1) is 0 Å². The summed E-state index contributed by atoms with van der Waals surface area (Å²) in [5, 5.41) is 0. The van der Waals surface area contributed by atoms with Crippen LogP contribution in [0, 0.1) is 0 Å². The SMILES string of the molecule is C[S+]1CCOC1. The average molecular weight is 105 g/mol. The van der Waals surface area contributed by atoms with Gasteiger partial charge in [-0.05, 0) is 0 Å². The molecule has 0 aliphatic carbocycles. The summed E-state index contributed by atoms with van der Waals surface area (Å²) >= 11 is 0. The first kappa shape index (κ1) is 4.47. The molecule has 0 aromatic carbocycles. The molecule has 0 amide bonds.